The number of rotatable bonds is 16. The SMILES string of the molecule is CCCCCCCCCCCCCCCC(O)C1=C(O)[C@@H](CO)OC1=O. The minimum absolute atomic E-state index is 0.0806. The smallest absolute Gasteiger partial charge is 0.341 e. The molecule has 0 saturated heterocycles. The maximum Gasteiger partial charge on any atom is 0.341 e. The number of ether oxygens (including phenoxy) is 1. The van der Waals surface area contributed by atoms with E-state index in [1.165, 1.54) is 64.2 Å². The molecule has 0 aliphatic carbocycles. The minimum atomic E-state index is -1.02. The van der Waals surface area contributed by atoms with Crippen LogP contribution in [0.4, 0.5) is 0 Å². The highest BCUT2D eigenvalue weighted by molar-refractivity contribution is 5.92. The molecule has 152 valence electrons. The molecule has 0 aromatic rings. The topological polar surface area (TPSA) is 87.0 Å². The average molecular weight is 371 g/mol. The quantitative estimate of drug-likeness (QED) is 0.274. The van der Waals surface area contributed by atoms with Crippen LogP contribution in [0.1, 0.15) is 96.8 Å². The number of unbranched alkanes of at least 4 members (excludes halogenated alkanes) is 12. The van der Waals surface area contributed by atoms with Gasteiger partial charge in [0.1, 0.15) is 11.3 Å². The number of aliphatic hydroxyl groups is 3. The number of hydrogen-bond donors (Lipinski definition) is 3. The first-order chi connectivity index (χ1) is 12.6. The zero-order chi connectivity index (χ0) is 19.2. The first-order valence-electron chi connectivity index (χ1n) is 10.5. The molecule has 3 N–H and O–H groups in total. The Bertz CT molecular complexity index is 419. The van der Waals surface area contributed by atoms with Crippen molar-refractivity contribution in [1.82, 2.24) is 0 Å². The van der Waals surface area contributed by atoms with Crippen LogP contribution >= 0.6 is 0 Å². The lowest BCUT2D eigenvalue weighted by Gasteiger charge is -2.09. The van der Waals surface area contributed by atoms with Crippen molar-refractivity contribution in [2.24, 2.45) is 0 Å². The molecule has 0 bridgehead atoms. The first kappa shape index (κ1) is 23.0. The van der Waals surface area contributed by atoms with Crippen molar-refractivity contribution in [2.75, 3.05) is 6.61 Å². The molecule has 0 saturated carbocycles. The zero-order valence-electron chi connectivity index (χ0n) is 16.4. The molecule has 0 spiro atoms. The molecule has 0 radical (unpaired) electrons. The molecular formula is C21H38O5. The summed E-state index contributed by atoms with van der Waals surface area (Å²) in [6.07, 6.45) is 14.7. The monoisotopic (exact) mass is 370 g/mol. The molecule has 26 heavy (non-hydrogen) atoms. The third-order valence-electron chi connectivity index (χ3n) is 5.13. The standard InChI is InChI=1S/C21H38O5/c1-2-3-4-5-6-7-8-9-10-11-12-13-14-15-17(23)19-20(24)18(16-22)26-21(19)25/h17-18,22-24H,2-16H2,1H3/t17?,18-/m1/s1. The van der Waals surface area contributed by atoms with Gasteiger partial charge in [-0.05, 0) is 6.42 Å². The summed E-state index contributed by atoms with van der Waals surface area (Å²) >= 11 is 0. The summed E-state index contributed by atoms with van der Waals surface area (Å²) in [7, 11) is 0. The summed E-state index contributed by atoms with van der Waals surface area (Å²) in [5.74, 6) is -1.04. The van der Waals surface area contributed by atoms with Crippen LogP contribution in [0.25, 0.3) is 0 Å². The summed E-state index contributed by atoms with van der Waals surface area (Å²) in [4.78, 5) is 11.6. The van der Waals surface area contributed by atoms with Gasteiger partial charge in [-0.15, -0.1) is 0 Å². The van der Waals surface area contributed by atoms with E-state index in [0.29, 0.717) is 6.42 Å². The molecule has 1 unspecified atom stereocenters. The molecule has 1 aliphatic heterocycles. The van der Waals surface area contributed by atoms with Gasteiger partial charge in [-0.2, -0.15) is 0 Å². The van der Waals surface area contributed by atoms with Crippen molar-refractivity contribution >= 4 is 5.97 Å². The van der Waals surface area contributed by atoms with E-state index in [1.54, 1.807) is 0 Å². The summed E-state index contributed by atoms with van der Waals surface area (Å²) in [5, 5.41) is 28.9. The van der Waals surface area contributed by atoms with Crippen LogP contribution in [0.3, 0.4) is 0 Å². The fourth-order valence-corrected chi connectivity index (χ4v) is 3.46. The molecule has 1 aliphatic rings. The van der Waals surface area contributed by atoms with Crippen LogP contribution in [-0.2, 0) is 9.53 Å². The summed E-state index contributed by atoms with van der Waals surface area (Å²) in [6, 6.07) is 0. The molecule has 1 heterocycles. The zero-order valence-corrected chi connectivity index (χ0v) is 16.4. The van der Waals surface area contributed by atoms with E-state index in [0.717, 1.165) is 19.3 Å². The molecule has 0 aromatic heterocycles. The van der Waals surface area contributed by atoms with E-state index in [9.17, 15) is 15.0 Å². The number of carbonyl (C=O) groups excluding carboxylic acids is 1. The van der Waals surface area contributed by atoms with Crippen LogP contribution < -0.4 is 0 Å². The molecule has 1 rings (SSSR count). The second kappa shape index (κ2) is 14.0. The number of cyclic esters (lactones) is 1. The molecule has 0 amide bonds. The van der Waals surface area contributed by atoms with Gasteiger partial charge in [0.15, 0.2) is 6.10 Å². The maximum absolute atomic E-state index is 11.6. The lowest BCUT2D eigenvalue weighted by molar-refractivity contribution is -0.142. The molecule has 0 aromatic carbocycles. The number of hydrogen-bond acceptors (Lipinski definition) is 5. The lowest BCUT2D eigenvalue weighted by Crippen LogP contribution is -2.16. The normalized spacial score (nSPS) is 18.4. The number of aliphatic hydroxyl groups excluding tert-OH is 3. The van der Waals surface area contributed by atoms with E-state index in [4.69, 9.17) is 9.84 Å². The predicted octanol–water partition coefficient (Wildman–Crippen LogP) is 4.56. The van der Waals surface area contributed by atoms with Crippen LogP contribution in [0.15, 0.2) is 11.3 Å². The molecular weight excluding hydrogens is 332 g/mol. The van der Waals surface area contributed by atoms with Gasteiger partial charge in [-0.1, -0.05) is 90.4 Å². The molecule has 2 atom stereocenters. The average Bonchev–Trinajstić information content (AvgIpc) is 2.92. The highest BCUT2D eigenvalue weighted by Crippen LogP contribution is 2.25. The van der Waals surface area contributed by atoms with Crippen molar-refractivity contribution in [2.45, 2.75) is 109 Å². The Balaban J connectivity index is 1.97. The van der Waals surface area contributed by atoms with E-state index < -0.39 is 24.8 Å². The van der Waals surface area contributed by atoms with Gasteiger partial charge in [-0.3, -0.25) is 0 Å². The van der Waals surface area contributed by atoms with Gasteiger partial charge in [0.25, 0.3) is 0 Å². The predicted molar refractivity (Wildman–Crippen MR) is 103 cm³/mol. The molecule has 0 fully saturated rings. The summed E-state index contributed by atoms with van der Waals surface area (Å²) < 4.78 is 4.80. The van der Waals surface area contributed by atoms with E-state index in [2.05, 4.69) is 6.92 Å². The van der Waals surface area contributed by atoms with Crippen molar-refractivity contribution in [3.63, 3.8) is 0 Å². The van der Waals surface area contributed by atoms with Gasteiger partial charge in [0.2, 0.25) is 0 Å². The highest BCUT2D eigenvalue weighted by atomic mass is 16.6. The number of carbonyl (C=O) groups is 1. The Morgan fingerprint density at radius 2 is 1.35 bits per heavy atom. The van der Waals surface area contributed by atoms with Gasteiger partial charge in [-0.25, -0.2) is 4.79 Å². The van der Waals surface area contributed by atoms with E-state index in [-0.39, 0.29) is 11.3 Å². The minimum Gasteiger partial charge on any atom is -0.508 e. The van der Waals surface area contributed by atoms with Crippen molar-refractivity contribution in [3.05, 3.63) is 11.3 Å². The summed E-state index contributed by atoms with van der Waals surface area (Å²) in [5.41, 5.74) is -0.0806. The van der Waals surface area contributed by atoms with Gasteiger partial charge < -0.3 is 20.1 Å². The maximum atomic E-state index is 11.6. The highest BCUT2D eigenvalue weighted by Gasteiger charge is 2.37. The van der Waals surface area contributed by atoms with Crippen molar-refractivity contribution < 1.29 is 24.9 Å². The Kier molecular flexibility index (Phi) is 12.4. The van der Waals surface area contributed by atoms with Crippen LogP contribution in [0.5, 0.6) is 0 Å². The largest absolute Gasteiger partial charge is 0.508 e. The second-order valence-electron chi connectivity index (χ2n) is 7.42. The second-order valence-corrected chi connectivity index (χ2v) is 7.42. The Morgan fingerprint density at radius 1 is 0.885 bits per heavy atom. The van der Waals surface area contributed by atoms with Crippen molar-refractivity contribution in [3.8, 4) is 0 Å². The number of esters is 1. The van der Waals surface area contributed by atoms with E-state index in [1.807, 2.05) is 0 Å². The Morgan fingerprint density at radius 3 is 1.77 bits per heavy atom. The van der Waals surface area contributed by atoms with Crippen molar-refractivity contribution in [1.29, 1.82) is 0 Å². The molecule has 5 heteroatoms. The van der Waals surface area contributed by atoms with Crippen LogP contribution in [0.2, 0.25) is 0 Å². The fraction of sp³-hybridized carbons (Fsp3) is 0.857. The van der Waals surface area contributed by atoms with Gasteiger partial charge in [0, 0.05) is 0 Å². The molecule has 5 nitrogen and oxygen atoms in total. The van der Waals surface area contributed by atoms with Crippen LogP contribution in [0, 0.1) is 0 Å². The van der Waals surface area contributed by atoms with E-state index >= 15 is 0 Å². The third kappa shape index (κ3) is 8.54. The Hall–Kier alpha value is -1.07. The fourth-order valence-electron chi connectivity index (χ4n) is 3.46. The van der Waals surface area contributed by atoms with Gasteiger partial charge >= 0.3 is 5.97 Å². The summed E-state index contributed by atoms with van der Waals surface area (Å²) in [6.45, 7) is 1.78. The Labute approximate surface area is 158 Å². The van der Waals surface area contributed by atoms with Crippen LogP contribution in [-0.4, -0.2) is 40.1 Å². The lowest BCUT2D eigenvalue weighted by atomic mass is 10.0. The third-order valence-corrected chi connectivity index (χ3v) is 5.13. The van der Waals surface area contributed by atoms with Gasteiger partial charge in [0.05, 0.1) is 12.7 Å². The first-order valence-corrected chi connectivity index (χ1v) is 10.5.